The number of aliphatic hydroxyl groups is 2. The molecular weight excluding hydrogens is 453 g/mol. The number of aromatic nitrogens is 1. The summed E-state index contributed by atoms with van der Waals surface area (Å²) in [6.07, 6.45) is -0.208. The van der Waals surface area contributed by atoms with E-state index in [1.54, 1.807) is 30.3 Å². The summed E-state index contributed by atoms with van der Waals surface area (Å²) in [6.45, 7) is 0. The minimum Gasteiger partial charge on any atom is -0.476 e. The minimum absolute atomic E-state index is 0.108. The van der Waals surface area contributed by atoms with Gasteiger partial charge in [0.25, 0.3) is 0 Å². The molecule has 164 valence electrons. The Morgan fingerprint density at radius 1 is 1.09 bits per heavy atom. The van der Waals surface area contributed by atoms with Gasteiger partial charge < -0.3 is 19.7 Å². The van der Waals surface area contributed by atoms with Crippen molar-refractivity contribution >= 4 is 29.2 Å². The summed E-state index contributed by atoms with van der Waals surface area (Å²) >= 11 is 12.3. The molecule has 5 atom stereocenters. The molecule has 5 rings (SSSR count). The smallest absolute Gasteiger partial charge is 0.312 e. The molecule has 1 fully saturated rings. The molecule has 0 amide bonds. The van der Waals surface area contributed by atoms with Gasteiger partial charge in [-0.15, -0.1) is 0 Å². The molecule has 0 bridgehead atoms. The van der Waals surface area contributed by atoms with Crippen molar-refractivity contribution in [2.45, 2.75) is 23.2 Å². The number of hydrogen-bond acceptors (Lipinski definition) is 6. The third-order valence-electron chi connectivity index (χ3n) is 6.49. The highest BCUT2D eigenvalue weighted by molar-refractivity contribution is 6.30. The van der Waals surface area contributed by atoms with E-state index >= 15 is 0 Å². The lowest BCUT2D eigenvalue weighted by Gasteiger charge is -2.40. The Labute approximate surface area is 194 Å². The maximum atomic E-state index is 13.0. The number of methoxy groups -OCH3 is 1. The van der Waals surface area contributed by atoms with Gasteiger partial charge in [-0.05, 0) is 23.3 Å². The van der Waals surface area contributed by atoms with Gasteiger partial charge in [-0.25, -0.2) is 0 Å². The van der Waals surface area contributed by atoms with Crippen LogP contribution in [0.3, 0.4) is 0 Å². The van der Waals surface area contributed by atoms with Gasteiger partial charge in [-0.2, -0.15) is 0 Å². The lowest BCUT2D eigenvalue weighted by Crippen LogP contribution is -2.52. The van der Waals surface area contributed by atoms with E-state index < -0.39 is 35.1 Å². The summed E-state index contributed by atoms with van der Waals surface area (Å²) in [7, 11) is 1.25. The summed E-state index contributed by atoms with van der Waals surface area (Å²) in [4.78, 5) is 17.3. The number of rotatable bonds is 3. The highest BCUT2D eigenvalue weighted by atomic mass is 35.5. The summed E-state index contributed by atoms with van der Waals surface area (Å²) in [5.74, 6) is -2.38. The lowest BCUT2D eigenvalue weighted by molar-refractivity contribution is -0.162. The predicted octanol–water partition coefficient (Wildman–Crippen LogP) is 3.81. The number of nitrogens with zero attached hydrogens (tertiary/aromatic N) is 1. The number of pyridine rings is 1. The topological polar surface area (TPSA) is 88.9 Å². The summed E-state index contributed by atoms with van der Waals surface area (Å²) < 4.78 is 11.5. The standard InChI is InChI=1S/C24H19Cl2NO5/c1-31-22(29)18-19(13-5-3-2-4-6-13)24(14-7-9-15(25)10-8-14)23(30,21(18)28)20-17(32-24)11-16(26)12-27-20/h2-12,18-19,21,28,30H,1H3/t18-,19-,21-,23+,24+/m1/s1. The van der Waals surface area contributed by atoms with Crippen molar-refractivity contribution in [1.82, 2.24) is 4.98 Å². The Hall–Kier alpha value is -2.64. The van der Waals surface area contributed by atoms with Crippen molar-refractivity contribution in [2.75, 3.05) is 7.11 Å². The van der Waals surface area contributed by atoms with E-state index in [-0.39, 0.29) is 11.4 Å². The van der Waals surface area contributed by atoms with Crippen molar-refractivity contribution in [3.63, 3.8) is 0 Å². The fourth-order valence-corrected chi connectivity index (χ4v) is 5.50. The number of aliphatic hydroxyl groups excluding tert-OH is 1. The molecule has 3 aromatic rings. The van der Waals surface area contributed by atoms with E-state index in [1.165, 1.54) is 13.3 Å². The van der Waals surface area contributed by atoms with Gasteiger partial charge in [0.2, 0.25) is 0 Å². The van der Waals surface area contributed by atoms with E-state index in [1.807, 2.05) is 30.3 Å². The average Bonchev–Trinajstić information content (AvgIpc) is 3.17. The molecule has 2 aliphatic rings. The summed E-state index contributed by atoms with van der Waals surface area (Å²) in [6, 6.07) is 17.4. The number of carbonyl (C=O) groups is 1. The van der Waals surface area contributed by atoms with Crippen LogP contribution in [0.15, 0.2) is 66.9 Å². The number of hydrogen-bond donors (Lipinski definition) is 2. The van der Waals surface area contributed by atoms with Crippen LogP contribution in [0.4, 0.5) is 0 Å². The Bertz CT molecular complexity index is 1190. The lowest BCUT2D eigenvalue weighted by atomic mass is 9.71. The third-order valence-corrected chi connectivity index (χ3v) is 6.95. The number of benzene rings is 2. The van der Waals surface area contributed by atoms with Gasteiger partial charge in [0.05, 0.1) is 18.1 Å². The normalized spacial score (nSPS) is 30.3. The quantitative estimate of drug-likeness (QED) is 0.564. The number of ether oxygens (including phenoxy) is 2. The third kappa shape index (κ3) is 2.67. The zero-order valence-corrected chi connectivity index (χ0v) is 18.4. The van der Waals surface area contributed by atoms with Crippen molar-refractivity contribution in [2.24, 2.45) is 5.92 Å². The molecule has 0 radical (unpaired) electrons. The average molecular weight is 472 g/mol. The van der Waals surface area contributed by atoms with Gasteiger partial charge >= 0.3 is 5.97 Å². The fourth-order valence-electron chi connectivity index (χ4n) is 5.23. The molecule has 1 aliphatic carbocycles. The van der Waals surface area contributed by atoms with Crippen molar-refractivity contribution in [3.05, 3.63) is 93.7 Å². The molecule has 8 heteroatoms. The SMILES string of the molecule is COC(=O)[C@H]1[C@@H](O)[C@@]2(O)c3ncc(Cl)cc3O[C@@]2(c2ccc(Cl)cc2)[C@@H]1c1ccccc1. The van der Waals surface area contributed by atoms with Crippen molar-refractivity contribution in [3.8, 4) is 5.75 Å². The second-order valence-electron chi connectivity index (χ2n) is 7.99. The Balaban J connectivity index is 1.87. The van der Waals surface area contributed by atoms with Crippen LogP contribution in [0, 0.1) is 5.92 Å². The first-order valence-corrected chi connectivity index (χ1v) is 10.7. The van der Waals surface area contributed by atoms with Gasteiger partial charge in [0.15, 0.2) is 11.2 Å². The molecule has 2 aromatic carbocycles. The van der Waals surface area contributed by atoms with E-state index in [0.29, 0.717) is 21.2 Å². The molecule has 0 saturated heterocycles. The first kappa shape index (κ1) is 21.2. The molecule has 2 heterocycles. The molecule has 0 unspecified atom stereocenters. The van der Waals surface area contributed by atoms with Gasteiger partial charge in [0, 0.05) is 23.2 Å². The Morgan fingerprint density at radius 2 is 1.78 bits per heavy atom. The zero-order valence-electron chi connectivity index (χ0n) is 16.9. The molecule has 1 saturated carbocycles. The van der Waals surface area contributed by atoms with Gasteiger partial charge in [-0.3, -0.25) is 9.78 Å². The molecule has 2 N–H and O–H groups in total. The van der Waals surface area contributed by atoms with Crippen LogP contribution in [-0.4, -0.2) is 34.4 Å². The minimum atomic E-state index is -2.07. The number of halogens is 2. The van der Waals surface area contributed by atoms with Gasteiger partial charge in [-0.1, -0.05) is 65.7 Å². The van der Waals surface area contributed by atoms with E-state index in [2.05, 4.69) is 4.98 Å². The largest absolute Gasteiger partial charge is 0.476 e. The molecule has 32 heavy (non-hydrogen) atoms. The number of fused-ring (bicyclic) bond motifs is 3. The monoisotopic (exact) mass is 471 g/mol. The first-order valence-electron chi connectivity index (χ1n) is 9.99. The van der Waals surface area contributed by atoms with Crippen molar-refractivity contribution in [1.29, 1.82) is 0 Å². The van der Waals surface area contributed by atoms with Crippen LogP contribution in [0.2, 0.25) is 10.0 Å². The summed E-state index contributed by atoms with van der Waals surface area (Å²) in [5, 5.41) is 24.6. The Morgan fingerprint density at radius 3 is 2.44 bits per heavy atom. The molecule has 6 nitrogen and oxygen atoms in total. The Kier molecular flexibility index (Phi) is 4.94. The predicted molar refractivity (Wildman–Crippen MR) is 118 cm³/mol. The first-order chi connectivity index (χ1) is 15.3. The van der Waals surface area contributed by atoms with E-state index in [0.717, 1.165) is 0 Å². The van der Waals surface area contributed by atoms with Crippen LogP contribution in [0.1, 0.15) is 22.7 Å². The maximum absolute atomic E-state index is 13.0. The van der Waals surface area contributed by atoms with E-state index in [4.69, 9.17) is 32.7 Å². The molecule has 1 aliphatic heterocycles. The van der Waals surface area contributed by atoms with E-state index in [9.17, 15) is 15.0 Å². The number of carbonyl (C=O) groups excluding carboxylic acids is 1. The van der Waals surface area contributed by atoms with Crippen molar-refractivity contribution < 1.29 is 24.5 Å². The van der Waals surface area contributed by atoms with Crippen LogP contribution in [-0.2, 0) is 20.7 Å². The van der Waals surface area contributed by atoms with Crippen LogP contribution >= 0.6 is 23.2 Å². The number of esters is 1. The van der Waals surface area contributed by atoms with Crippen LogP contribution in [0.25, 0.3) is 0 Å². The highest BCUT2D eigenvalue weighted by Crippen LogP contribution is 2.68. The van der Waals surface area contributed by atoms with Gasteiger partial charge in [0.1, 0.15) is 17.5 Å². The molecule has 1 aromatic heterocycles. The fraction of sp³-hybridized carbons (Fsp3) is 0.250. The zero-order chi connectivity index (χ0) is 22.7. The summed E-state index contributed by atoms with van der Waals surface area (Å²) in [5.41, 5.74) is -2.35. The second kappa shape index (κ2) is 7.46. The molecule has 0 spiro atoms. The molecular formula is C24H19Cl2NO5. The second-order valence-corrected chi connectivity index (χ2v) is 8.87. The highest BCUT2D eigenvalue weighted by Gasteiger charge is 2.78. The van der Waals surface area contributed by atoms with Crippen LogP contribution in [0.5, 0.6) is 5.75 Å². The maximum Gasteiger partial charge on any atom is 0.312 e. The van der Waals surface area contributed by atoms with Crippen LogP contribution < -0.4 is 4.74 Å².